The number of rotatable bonds is 4. The fourth-order valence-corrected chi connectivity index (χ4v) is 2.56. The van der Waals surface area contributed by atoms with Crippen LogP contribution >= 0.6 is 22.9 Å². The summed E-state index contributed by atoms with van der Waals surface area (Å²) in [5, 5.41) is 13.0. The summed E-state index contributed by atoms with van der Waals surface area (Å²) in [7, 11) is 0. The molecule has 2 rings (SSSR count). The Morgan fingerprint density at radius 2 is 2.35 bits per heavy atom. The number of hydrogen-bond donors (Lipinski definition) is 2. The minimum atomic E-state index is 0.123. The van der Waals surface area contributed by atoms with Crippen molar-refractivity contribution >= 4 is 29.3 Å². The van der Waals surface area contributed by atoms with Gasteiger partial charge < -0.3 is 10.4 Å². The molecule has 0 aliphatic rings. The Morgan fingerprint density at radius 1 is 1.53 bits per heavy atom. The molecule has 0 aliphatic heterocycles. The standard InChI is InChI=1S/C11H9ClN2O2S/c12-10-3-7(16)1-2-9(10)11-14-5-8(17-11)4-13-6-15/h1-3,5-6,16H,4H2,(H,13,15). The highest BCUT2D eigenvalue weighted by Gasteiger charge is 2.09. The number of benzene rings is 1. The molecule has 1 aromatic carbocycles. The van der Waals surface area contributed by atoms with E-state index in [4.69, 9.17) is 11.6 Å². The van der Waals surface area contributed by atoms with Crippen molar-refractivity contribution in [3.63, 3.8) is 0 Å². The van der Waals surface area contributed by atoms with Crippen LogP contribution in [0, 0.1) is 0 Å². The zero-order chi connectivity index (χ0) is 12.3. The van der Waals surface area contributed by atoms with Crippen molar-refractivity contribution in [1.82, 2.24) is 10.3 Å². The second-order valence-corrected chi connectivity index (χ2v) is 4.82. The Hall–Kier alpha value is -1.59. The van der Waals surface area contributed by atoms with Gasteiger partial charge in [0.05, 0.1) is 11.6 Å². The predicted octanol–water partition coefficient (Wildman–Crippen LogP) is 2.42. The van der Waals surface area contributed by atoms with Gasteiger partial charge in [0, 0.05) is 16.6 Å². The quantitative estimate of drug-likeness (QED) is 0.837. The number of hydrogen-bond acceptors (Lipinski definition) is 4. The van der Waals surface area contributed by atoms with Crippen LogP contribution in [0.25, 0.3) is 10.6 Å². The first-order valence-electron chi connectivity index (χ1n) is 4.81. The number of halogens is 1. The molecule has 0 bridgehead atoms. The lowest BCUT2D eigenvalue weighted by molar-refractivity contribution is -0.109. The highest BCUT2D eigenvalue weighted by atomic mass is 35.5. The zero-order valence-electron chi connectivity index (χ0n) is 8.68. The number of thiazole rings is 1. The van der Waals surface area contributed by atoms with Crippen LogP contribution in [0.2, 0.25) is 5.02 Å². The molecule has 1 heterocycles. The van der Waals surface area contributed by atoms with Crippen molar-refractivity contribution in [2.24, 2.45) is 0 Å². The van der Waals surface area contributed by atoms with Crippen molar-refractivity contribution in [2.75, 3.05) is 0 Å². The summed E-state index contributed by atoms with van der Waals surface area (Å²) in [4.78, 5) is 15.3. The fourth-order valence-electron chi connectivity index (χ4n) is 1.33. The number of amides is 1. The lowest BCUT2D eigenvalue weighted by Crippen LogP contribution is -2.07. The number of carbonyl (C=O) groups is 1. The summed E-state index contributed by atoms with van der Waals surface area (Å²) in [6.45, 7) is 0.455. The zero-order valence-corrected chi connectivity index (χ0v) is 10.3. The monoisotopic (exact) mass is 268 g/mol. The second kappa shape index (κ2) is 5.16. The van der Waals surface area contributed by atoms with Crippen LogP contribution < -0.4 is 5.32 Å². The summed E-state index contributed by atoms with van der Waals surface area (Å²) in [6.07, 6.45) is 2.34. The smallest absolute Gasteiger partial charge is 0.207 e. The third-order valence-electron chi connectivity index (χ3n) is 2.10. The van der Waals surface area contributed by atoms with Gasteiger partial charge in [0.1, 0.15) is 10.8 Å². The third kappa shape index (κ3) is 2.75. The van der Waals surface area contributed by atoms with Crippen molar-refractivity contribution in [1.29, 1.82) is 0 Å². The third-order valence-corrected chi connectivity index (χ3v) is 3.44. The Morgan fingerprint density at radius 3 is 3.06 bits per heavy atom. The van der Waals surface area contributed by atoms with E-state index in [0.717, 1.165) is 15.4 Å². The maximum atomic E-state index is 10.2. The summed E-state index contributed by atoms with van der Waals surface area (Å²) >= 11 is 7.46. The predicted molar refractivity (Wildman–Crippen MR) is 67.1 cm³/mol. The molecule has 0 radical (unpaired) electrons. The van der Waals surface area contributed by atoms with Gasteiger partial charge in [0.2, 0.25) is 6.41 Å². The van der Waals surface area contributed by atoms with Crippen molar-refractivity contribution in [2.45, 2.75) is 6.54 Å². The molecule has 0 aliphatic carbocycles. The maximum absolute atomic E-state index is 10.2. The number of aromatic nitrogens is 1. The summed E-state index contributed by atoms with van der Waals surface area (Å²) in [6, 6.07) is 4.75. The topological polar surface area (TPSA) is 62.2 Å². The van der Waals surface area contributed by atoms with E-state index in [9.17, 15) is 9.90 Å². The number of phenolic OH excluding ortho intramolecular Hbond substituents is 1. The molecule has 0 saturated carbocycles. The normalized spacial score (nSPS) is 10.2. The highest BCUT2D eigenvalue weighted by molar-refractivity contribution is 7.15. The van der Waals surface area contributed by atoms with E-state index in [1.54, 1.807) is 18.3 Å². The van der Waals surface area contributed by atoms with Crippen LogP contribution in [0.3, 0.4) is 0 Å². The molecule has 0 fully saturated rings. The van der Waals surface area contributed by atoms with Crippen LogP contribution in [0.1, 0.15) is 4.88 Å². The van der Waals surface area contributed by atoms with Crippen molar-refractivity contribution in [3.8, 4) is 16.3 Å². The molecule has 2 aromatic rings. The van der Waals surface area contributed by atoms with Gasteiger partial charge in [0.25, 0.3) is 0 Å². The number of nitrogens with zero attached hydrogens (tertiary/aromatic N) is 1. The molecule has 0 unspecified atom stereocenters. The molecule has 2 N–H and O–H groups in total. The van der Waals surface area contributed by atoms with Gasteiger partial charge >= 0.3 is 0 Å². The number of nitrogens with one attached hydrogen (secondary N) is 1. The lowest BCUT2D eigenvalue weighted by Gasteiger charge is -2.00. The van der Waals surface area contributed by atoms with Gasteiger partial charge in [-0.15, -0.1) is 11.3 Å². The molecule has 0 saturated heterocycles. The van der Waals surface area contributed by atoms with Crippen molar-refractivity contribution < 1.29 is 9.90 Å². The van der Waals surface area contributed by atoms with E-state index in [1.165, 1.54) is 17.4 Å². The molecule has 88 valence electrons. The van der Waals surface area contributed by atoms with E-state index >= 15 is 0 Å². The van der Waals surface area contributed by atoms with Gasteiger partial charge in [-0.25, -0.2) is 4.98 Å². The molecule has 6 heteroatoms. The van der Waals surface area contributed by atoms with E-state index in [-0.39, 0.29) is 5.75 Å². The minimum absolute atomic E-state index is 0.123. The largest absolute Gasteiger partial charge is 0.508 e. The molecule has 1 amide bonds. The first kappa shape index (κ1) is 11.9. The molecular formula is C11H9ClN2O2S. The van der Waals surface area contributed by atoms with Gasteiger partial charge in [0.15, 0.2) is 0 Å². The van der Waals surface area contributed by atoms with Crippen LogP contribution in [-0.4, -0.2) is 16.5 Å². The number of phenols is 1. The molecule has 17 heavy (non-hydrogen) atoms. The number of aromatic hydroxyl groups is 1. The van der Waals surface area contributed by atoms with Crippen LogP contribution in [0.15, 0.2) is 24.4 Å². The van der Waals surface area contributed by atoms with Crippen LogP contribution in [0.4, 0.5) is 0 Å². The first-order valence-corrected chi connectivity index (χ1v) is 6.01. The molecular weight excluding hydrogens is 260 g/mol. The summed E-state index contributed by atoms with van der Waals surface area (Å²) in [5.74, 6) is 0.123. The fraction of sp³-hybridized carbons (Fsp3) is 0.0909. The van der Waals surface area contributed by atoms with Crippen LogP contribution in [0.5, 0.6) is 5.75 Å². The van der Waals surface area contributed by atoms with Crippen LogP contribution in [-0.2, 0) is 11.3 Å². The average Bonchev–Trinajstić information content (AvgIpc) is 2.75. The minimum Gasteiger partial charge on any atom is -0.508 e. The van der Waals surface area contributed by atoms with E-state index in [2.05, 4.69) is 10.3 Å². The maximum Gasteiger partial charge on any atom is 0.207 e. The Balaban J connectivity index is 2.27. The molecule has 4 nitrogen and oxygen atoms in total. The summed E-state index contributed by atoms with van der Waals surface area (Å²) < 4.78 is 0. The Bertz CT molecular complexity index is 542. The van der Waals surface area contributed by atoms with Gasteiger partial charge in [-0.1, -0.05) is 11.6 Å². The van der Waals surface area contributed by atoms with Gasteiger partial charge in [-0.3, -0.25) is 4.79 Å². The van der Waals surface area contributed by atoms with Gasteiger partial charge in [-0.05, 0) is 18.2 Å². The number of carbonyl (C=O) groups excluding carboxylic acids is 1. The molecule has 0 spiro atoms. The summed E-state index contributed by atoms with van der Waals surface area (Å²) in [5.41, 5.74) is 0.770. The Labute approximate surface area is 107 Å². The van der Waals surface area contributed by atoms with E-state index < -0.39 is 0 Å². The van der Waals surface area contributed by atoms with Gasteiger partial charge in [-0.2, -0.15) is 0 Å². The second-order valence-electron chi connectivity index (χ2n) is 3.29. The average molecular weight is 269 g/mol. The first-order chi connectivity index (χ1) is 8.20. The van der Waals surface area contributed by atoms with E-state index in [1.807, 2.05) is 0 Å². The SMILES string of the molecule is O=CNCc1cnc(-c2ccc(O)cc2Cl)s1. The molecule has 1 aromatic heterocycles. The lowest BCUT2D eigenvalue weighted by atomic mass is 10.2. The molecule has 0 atom stereocenters. The Kier molecular flexibility index (Phi) is 3.61. The van der Waals surface area contributed by atoms with Crippen molar-refractivity contribution in [3.05, 3.63) is 34.3 Å². The highest BCUT2D eigenvalue weighted by Crippen LogP contribution is 2.33. The van der Waals surface area contributed by atoms with E-state index in [0.29, 0.717) is 18.0 Å².